The molecule has 0 aromatic heterocycles. The second-order valence-electron chi connectivity index (χ2n) is 7.75. The summed E-state index contributed by atoms with van der Waals surface area (Å²) in [6.45, 7) is 2.70. The average molecular weight is 447 g/mol. The minimum atomic E-state index is -0.143. The first-order chi connectivity index (χ1) is 16.0. The van der Waals surface area contributed by atoms with Crippen LogP contribution in [-0.2, 0) is 16.0 Å². The molecule has 0 spiro atoms. The molecule has 3 aromatic carbocycles. The van der Waals surface area contributed by atoms with Crippen molar-refractivity contribution in [2.24, 2.45) is 0 Å². The molecule has 1 heterocycles. The number of amides is 2. The molecule has 1 N–H and O–H groups in total. The molecule has 2 amide bonds. The van der Waals surface area contributed by atoms with Crippen molar-refractivity contribution < 1.29 is 23.8 Å². The first-order valence-corrected chi connectivity index (χ1v) is 10.7. The molecule has 1 aliphatic heterocycles. The van der Waals surface area contributed by atoms with Crippen molar-refractivity contribution in [3.8, 4) is 17.2 Å². The molecule has 4 rings (SSSR count). The fraction of sp³-hybridized carbons (Fsp3) is 0.231. The van der Waals surface area contributed by atoms with Gasteiger partial charge in [-0.3, -0.25) is 9.59 Å². The van der Waals surface area contributed by atoms with E-state index in [1.54, 1.807) is 30.2 Å². The molecule has 0 saturated carbocycles. The number of hydrogen-bond acceptors (Lipinski definition) is 5. The van der Waals surface area contributed by atoms with Crippen LogP contribution in [0.3, 0.4) is 0 Å². The molecule has 0 fully saturated rings. The Morgan fingerprint density at radius 1 is 1.06 bits per heavy atom. The van der Waals surface area contributed by atoms with Crippen molar-refractivity contribution in [2.45, 2.75) is 13.3 Å². The Balaban J connectivity index is 1.38. The highest BCUT2D eigenvalue weighted by molar-refractivity contribution is 5.99. The van der Waals surface area contributed by atoms with E-state index >= 15 is 0 Å². The molecule has 0 aliphatic carbocycles. The zero-order valence-corrected chi connectivity index (χ0v) is 18.7. The van der Waals surface area contributed by atoms with E-state index in [2.05, 4.69) is 5.32 Å². The maximum atomic E-state index is 12.5. The molecule has 7 nitrogen and oxygen atoms in total. The van der Waals surface area contributed by atoms with Gasteiger partial charge in [-0.15, -0.1) is 0 Å². The monoisotopic (exact) mass is 446 g/mol. The van der Waals surface area contributed by atoms with Crippen molar-refractivity contribution in [1.29, 1.82) is 0 Å². The summed E-state index contributed by atoms with van der Waals surface area (Å²) in [6.07, 6.45) is 0.239. The number of hydrogen-bond donors (Lipinski definition) is 1. The minimum Gasteiger partial charge on any atom is -0.497 e. The Morgan fingerprint density at radius 3 is 2.64 bits per heavy atom. The van der Waals surface area contributed by atoms with Gasteiger partial charge in [0.2, 0.25) is 5.91 Å². The van der Waals surface area contributed by atoms with Crippen LogP contribution in [0.25, 0.3) is 0 Å². The van der Waals surface area contributed by atoms with Gasteiger partial charge in [-0.2, -0.15) is 0 Å². The number of nitrogens with zero attached hydrogens (tertiary/aromatic N) is 1. The first-order valence-electron chi connectivity index (χ1n) is 10.7. The molecule has 3 aromatic rings. The molecule has 0 radical (unpaired) electrons. The SMILES string of the molecule is COc1ccc(CC(=O)Nc2ccc3c(c2)OCC(=O)N3CCOc2cccc(C)c2)cc1. The highest BCUT2D eigenvalue weighted by Gasteiger charge is 2.25. The largest absolute Gasteiger partial charge is 0.497 e. The smallest absolute Gasteiger partial charge is 0.265 e. The molecule has 7 heteroatoms. The van der Waals surface area contributed by atoms with Gasteiger partial charge in [0.1, 0.15) is 23.9 Å². The summed E-state index contributed by atoms with van der Waals surface area (Å²) in [5.74, 6) is 1.79. The third-order valence-electron chi connectivity index (χ3n) is 5.28. The van der Waals surface area contributed by atoms with E-state index in [0.29, 0.717) is 30.3 Å². The normalized spacial score (nSPS) is 12.5. The van der Waals surface area contributed by atoms with Crippen molar-refractivity contribution in [3.05, 3.63) is 77.9 Å². The van der Waals surface area contributed by atoms with Crippen LogP contribution in [0.2, 0.25) is 0 Å². The van der Waals surface area contributed by atoms with Crippen LogP contribution in [0.5, 0.6) is 17.2 Å². The molecule has 1 aliphatic rings. The van der Waals surface area contributed by atoms with E-state index in [0.717, 1.165) is 22.6 Å². The van der Waals surface area contributed by atoms with E-state index in [1.807, 2.05) is 55.5 Å². The summed E-state index contributed by atoms with van der Waals surface area (Å²) in [4.78, 5) is 26.5. The molecular weight excluding hydrogens is 420 g/mol. The lowest BCUT2D eigenvalue weighted by atomic mass is 10.1. The first kappa shape index (κ1) is 22.2. The maximum Gasteiger partial charge on any atom is 0.265 e. The molecule has 0 unspecified atom stereocenters. The van der Waals surface area contributed by atoms with Gasteiger partial charge in [0.25, 0.3) is 5.91 Å². The number of rotatable bonds is 8. The van der Waals surface area contributed by atoms with Crippen LogP contribution >= 0.6 is 0 Å². The lowest BCUT2D eigenvalue weighted by Crippen LogP contribution is -2.41. The van der Waals surface area contributed by atoms with Crippen LogP contribution in [0.15, 0.2) is 66.7 Å². The van der Waals surface area contributed by atoms with Gasteiger partial charge in [-0.25, -0.2) is 0 Å². The van der Waals surface area contributed by atoms with E-state index < -0.39 is 0 Å². The molecule has 0 bridgehead atoms. The Morgan fingerprint density at radius 2 is 1.88 bits per heavy atom. The Kier molecular flexibility index (Phi) is 6.78. The van der Waals surface area contributed by atoms with Gasteiger partial charge < -0.3 is 24.4 Å². The predicted molar refractivity (Wildman–Crippen MR) is 126 cm³/mol. The maximum absolute atomic E-state index is 12.5. The lowest BCUT2D eigenvalue weighted by molar-refractivity contribution is -0.121. The second kappa shape index (κ2) is 10.1. The number of carbonyl (C=O) groups is 2. The van der Waals surface area contributed by atoms with E-state index in [9.17, 15) is 9.59 Å². The lowest BCUT2D eigenvalue weighted by Gasteiger charge is -2.29. The highest BCUT2D eigenvalue weighted by atomic mass is 16.5. The van der Waals surface area contributed by atoms with E-state index in [4.69, 9.17) is 14.2 Å². The number of ether oxygens (including phenoxy) is 3. The average Bonchev–Trinajstić information content (AvgIpc) is 2.81. The number of aryl methyl sites for hydroxylation is 1. The molecule has 0 atom stereocenters. The summed E-state index contributed by atoms with van der Waals surface area (Å²) in [7, 11) is 1.60. The third kappa shape index (κ3) is 5.63. The van der Waals surface area contributed by atoms with Crippen LogP contribution < -0.4 is 24.4 Å². The van der Waals surface area contributed by atoms with Gasteiger partial charge in [0.05, 0.1) is 25.8 Å². The minimum absolute atomic E-state index is 0.0549. The fourth-order valence-corrected chi connectivity index (χ4v) is 3.62. The van der Waals surface area contributed by atoms with Crippen molar-refractivity contribution >= 4 is 23.2 Å². The quantitative estimate of drug-likeness (QED) is 0.566. The Hall–Kier alpha value is -4.00. The second-order valence-corrected chi connectivity index (χ2v) is 7.75. The number of methoxy groups -OCH3 is 1. The predicted octanol–water partition coefficient (Wildman–Crippen LogP) is 3.99. The zero-order valence-electron chi connectivity index (χ0n) is 18.7. The zero-order chi connectivity index (χ0) is 23.2. The number of anilines is 2. The van der Waals surface area contributed by atoms with E-state index in [1.165, 1.54) is 0 Å². The van der Waals surface area contributed by atoms with Crippen molar-refractivity contribution in [2.75, 3.05) is 37.1 Å². The van der Waals surface area contributed by atoms with Crippen molar-refractivity contribution in [1.82, 2.24) is 0 Å². The Labute approximate surface area is 192 Å². The van der Waals surface area contributed by atoms with Gasteiger partial charge in [0, 0.05) is 11.8 Å². The molecule has 170 valence electrons. The summed E-state index contributed by atoms with van der Waals surface area (Å²) in [5.41, 5.74) is 3.26. The molecule has 33 heavy (non-hydrogen) atoms. The standard InChI is InChI=1S/C26H26N2O5/c1-18-4-3-5-22(14-18)32-13-12-28-23-11-8-20(16-24(23)33-17-26(28)30)27-25(29)15-19-6-9-21(31-2)10-7-19/h3-11,14,16H,12-13,15,17H2,1-2H3,(H,27,29). The van der Waals surface area contributed by atoms with Crippen LogP contribution in [0, 0.1) is 6.92 Å². The fourth-order valence-electron chi connectivity index (χ4n) is 3.62. The van der Waals surface area contributed by atoms with Gasteiger partial charge in [0.15, 0.2) is 6.61 Å². The van der Waals surface area contributed by atoms with Gasteiger partial charge in [-0.1, -0.05) is 24.3 Å². The molecule has 0 saturated heterocycles. The molecular formula is C26H26N2O5. The third-order valence-corrected chi connectivity index (χ3v) is 5.28. The van der Waals surface area contributed by atoms with Crippen LogP contribution in [-0.4, -0.2) is 38.7 Å². The van der Waals surface area contributed by atoms with E-state index in [-0.39, 0.29) is 24.8 Å². The summed E-state index contributed by atoms with van der Waals surface area (Å²) in [6, 6.07) is 20.4. The van der Waals surface area contributed by atoms with Crippen LogP contribution in [0.1, 0.15) is 11.1 Å². The summed E-state index contributed by atoms with van der Waals surface area (Å²) in [5, 5.41) is 2.89. The van der Waals surface area contributed by atoms with Gasteiger partial charge in [-0.05, 0) is 54.4 Å². The topological polar surface area (TPSA) is 77.1 Å². The number of fused-ring (bicyclic) bond motifs is 1. The highest BCUT2D eigenvalue weighted by Crippen LogP contribution is 2.34. The van der Waals surface area contributed by atoms with Crippen molar-refractivity contribution in [3.63, 3.8) is 0 Å². The van der Waals surface area contributed by atoms with Gasteiger partial charge >= 0.3 is 0 Å². The van der Waals surface area contributed by atoms with Crippen LogP contribution in [0.4, 0.5) is 11.4 Å². The summed E-state index contributed by atoms with van der Waals surface area (Å²) < 4.78 is 16.6. The summed E-state index contributed by atoms with van der Waals surface area (Å²) >= 11 is 0. The number of nitrogens with one attached hydrogen (secondary N) is 1. The Bertz CT molecular complexity index is 1140. The number of carbonyl (C=O) groups excluding carboxylic acids is 2. The number of benzene rings is 3.